The predicted molar refractivity (Wildman–Crippen MR) is 166 cm³/mol. The maximum atomic E-state index is 13.9. The van der Waals surface area contributed by atoms with Crippen LogP contribution in [0.3, 0.4) is 0 Å². The van der Waals surface area contributed by atoms with Gasteiger partial charge in [-0.25, -0.2) is 8.78 Å². The molecule has 0 saturated carbocycles. The summed E-state index contributed by atoms with van der Waals surface area (Å²) in [4.78, 5) is 18.4. The zero-order valence-electron chi connectivity index (χ0n) is 24.0. The summed E-state index contributed by atoms with van der Waals surface area (Å²) in [5.74, 6) is -1.62. The number of ether oxygens (including phenoxy) is 1. The van der Waals surface area contributed by atoms with Crippen molar-refractivity contribution in [2.45, 2.75) is 24.1 Å². The summed E-state index contributed by atoms with van der Waals surface area (Å²) in [6.07, 6.45) is 1.70. The highest BCUT2D eigenvalue weighted by molar-refractivity contribution is 6.42. The lowest BCUT2D eigenvalue weighted by molar-refractivity contribution is 0.0904. The van der Waals surface area contributed by atoms with Crippen LogP contribution in [0.25, 0.3) is 10.9 Å². The van der Waals surface area contributed by atoms with Gasteiger partial charge in [0.25, 0.3) is 5.91 Å². The van der Waals surface area contributed by atoms with Crippen molar-refractivity contribution < 1.29 is 18.3 Å². The van der Waals surface area contributed by atoms with Gasteiger partial charge in [-0.1, -0.05) is 16.8 Å². The van der Waals surface area contributed by atoms with Crippen LogP contribution in [-0.2, 0) is 9.95 Å². The van der Waals surface area contributed by atoms with E-state index in [1.54, 1.807) is 18.2 Å². The number of hydrogen-bond acceptors (Lipinski definition) is 6. The van der Waals surface area contributed by atoms with Gasteiger partial charge in [-0.2, -0.15) is 5.10 Å². The molecular formula is C31H32B2F2N6O2. The number of aromatic nitrogens is 2. The third-order valence-electron chi connectivity index (χ3n) is 8.31. The molecule has 0 unspecified atom stereocenters. The van der Waals surface area contributed by atoms with E-state index in [4.69, 9.17) is 20.4 Å². The maximum Gasteiger partial charge on any atom is 0.258 e. The van der Waals surface area contributed by atoms with Crippen LogP contribution >= 0.6 is 0 Å². The molecule has 4 aromatic rings. The van der Waals surface area contributed by atoms with Gasteiger partial charge in [-0.15, -0.1) is 0 Å². The number of anilines is 3. The number of H-pyrrole nitrogens is 1. The molecule has 3 N–H and O–H groups in total. The highest BCUT2D eigenvalue weighted by Gasteiger charge is 2.26. The number of benzene rings is 3. The van der Waals surface area contributed by atoms with Crippen molar-refractivity contribution in [3.8, 4) is 0 Å². The number of amides is 1. The van der Waals surface area contributed by atoms with Crippen LogP contribution in [0.5, 0.6) is 0 Å². The number of likely N-dealkylation sites (N-methyl/N-ethyl adjacent to an activating group) is 1. The quantitative estimate of drug-likeness (QED) is 0.287. The smallest absolute Gasteiger partial charge is 0.258 e. The summed E-state index contributed by atoms with van der Waals surface area (Å²) in [7, 11) is 14.9. The first kappa shape index (κ1) is 29.2. The van der Waals surface area contributed by atoms with Crippen molar-refractivity contribution in [3.05, 3.63) is 82.9 Å². The van der Waals surface area contributed by atoms with Crippen LogP contribution in [0, 0.1) is 11.6 Å². The van der Waals surface area contributed by atoms with Gasteiger partial charge in [-0.3, -0.25) is 9.89 Å². The molecule has 2 aliphatic rings. The number of aromatic amines is 1. The third kappa shape index (κ3) is 6.26. The SMILES string of the molecule is [B]C([B])(c1cc(F)cc(F)c1)c1ccc2[nH]nc(NC(=O)c3ccc(N4CCN(C)CC4)cc3NC3CCOCC3)c2c1. The number of fused-ring (bicyclic) bond motifs is 1. The summed E-state index contributed by atoms with van der Waals surface area (Å²) in [5, 5.41) is 12.6. The summed E-state index contributed by atoms with van der Waals surface area (Å²) in [5.41, 5.74) is 3.38. The summed E-state index contributed by atoms with van der Waals surface area (Å²) < 4.78 is 33.4. The molecule has 218 valence electrons. The Morgan fingerprint density at radius 1 is 0.977 bits per heavy atom. The Bertz CT molecular complexity index is 1610. The van der Waals surface area contributed by atoms with Crippen molar-refractivity contribution in [2.24, 2.45) is 0 Å². The third-order valence-corrected chi connectivity index (χ3v) is 8.31. The van der Waals surface area contributed by atoms with Gasteiger partial charge in [0.05, 0.1) is 26.8 Å². The molecule has 0 spiro atoms. The van der Waals surface area contributed by atoms with Crippen molar-refractivity contribution in [1.82, 2.24) is 15.1 Å². The van der Waals surface area contributed by atoms with E-state index in [0.29, 0.717) is 35.2 Å². The van der Waals surface area contributed by atoms with Crippen molar-refractivity contribution >= 4 is 49.7 Å². The second kappa shape index (κ2) is 12.0. The zero-order chi connectivity index (χ0) is 30.1. The van der Waals surface area contributed by atoms with Crippen LogP contribution in [0.1, 0.15) is 34.3 Å². The Kier molecular flexibility index (Phi) is 8.15. The topological polar surface area (TPSA) is 85.5 Å². The largest absolute Gasteiger partial charge is 0.381 e. The summed E-state index contributed by atoms with van der Waals surface area (Å²) >= 11 is 0. The molecule has 12 heteroatoms. The average molecular weight is 580 g/mol. The molecule has 8 nitrogen and oxygen atoms in total. The number of carbonyl (C=O) groups is 1. The van der Waals surface area contributed by atoms with Gasteiger partial charge in [0.1, 0.15) is 11.6 Å². The fraction of sp³-hybridized carbons (Fsp3) is 0.355. The Hall–Kier alpha value is -3.89. The van der Waals surface area contributed by atoms with Crippen LogP contribution in [0.15, 0.2) is 54.6 Å². The fourth-order valence-electron chi connectivity index (χ4n) is 5.67. The van der Waals surface area contributed by atoms with Gasteiger partial charge in [0, 0.05) is 68.3 Å². The van der Waals surface area contributed by atoms with Crippen molar-refractivity contribution in [3.63, 3.8) is 0 Å². The Morgan fingerprint density at radius 2 is 1.70 bits per heavy atom. The molecule has 1 aromatic heterocycles. The van der Waals surface area contributed by atoms with Gasteiger partial charge in [-0.05, 0) is 67.9 Å². The minimum atomic E-state index is -1.70. The molecule has 6 rings (SSSR count). The van der Waals surface area contributed by atoms with Gasteiger partial charge in [0.15, 0.2) is 5.82 Å². The number of nitrogens with zero attached hydrogens (tertiary/aromatic N) is 3. The number of nitrogens with one attached hydrogen (secondary N) is 3. The molecule has 3 heterocycles. The Morgan fingerprint density at radius 3 is 2.42 bits per heavy atom. The van der Waals surface area contributed by atoms with Gasteiger partial charge in [0.2, 0.25) is 0 Å². The number of rotatable bonds is 7. The van der Waals surface area contributed by atoms with Crippen LogP contribution in [0.2, 0.25) is 0 Å². The van der Waals surface area contributed by atoms with E-state index in [0.717, 1.165) is 68.6 Å². The fourth-order valence-corrected chi connectivity index (χ4v) is 5.67. The van der Waals surface area contributed by atoms with Crippen LogP contribution in [0.4, 0.5) is 26.0 Å². The Balaban J connectivity index is 1.29. The zero-order valence-corrected chi connectivity index (χ0v) is 24.0. The molecule has 3 aromatic carbocycles. The second-order valence-electron chi connectivity index (χ2n) is 11.4. The van der Waals surface area contributed by atoms with Gasteiger partial charge < -0.3 is 25.2 Å². The molecule has 43 heavy (non-hydrogen) atoms. The lowest BCUT2D eigenvalue weighted by Gasteiger charge is -2.34. The van der Waals surface area contributed by atoms with Gasteiger partial charge >= 0.3 is 0 Å². The van der Waals surface area contributed by atoms with Crippen molar-refractivity contribution in [1.29, 1.82) is 0 Å². The first-order valence-electron chi connectivity index (χ1n) is 14.4. The maximum absolute atomic E-state index is 13.9. The number of piperazine rings is 1. The van der Waals surface area contributed by atoms with E-state index in [-0.39, 0.29) is 23.3 Å². The predicted octanol–water partition coefficient (Wildman–Crippen LogP) is 3.97. The molecule has 1 amide bonds. The molecule has 0 aliphatic carbocycles. The molecule has 4 radical (unpaired) electrons. The highest BCUT2D eigenvalue weighted by Crippen LogP contribution is 2.32. The molecular weight excluding hydrogens is 548 g/mol. The van der Waals surface area contributed by atoms with Crippen LogP contribution in [-0.4, -0.2) is 89.2 Å². The van der Waals surface area contributed by atoms with E-state index in [1.807, 2.05) is 18.2 Å². The number of carbonyl (C=O) groups excluding carboxylic acids is 1. The summed E-state index contributed by atoms with van der Waals surface area (Å²) in [6, 6.07) is 14.0. The molecule has 2 aliphatic heterocycles. The lowest BCUT2D eigenvalue weighted by Crippen LogP contribution is -2.44. The number of hydrogen-bond donors (Lipinski definition) is 3. The molecule has 2 fully saturated rings. The molecule has 2 saturated heterocycles. The normalized spacial score (nSPS) is 16.9. The molecule has 0 bridgehead atoms. The minimum Gasteiger partial charge on any atom is -0.381 e. The summed E-state index contributed by atoms with van der Waals surface area (Å²) in [6.45, 7) is 5.11. The number of halogens is 2. The first-order valence-corrected chi connectivity index (χ1v) is 14.4. The van der Waals surface area contributed by atoms with E-state index in [9.17, 15) is 13.6 Å². The van der Waals surface area contributed by atoms with E-state index >= 15 is 0 Å². The van der Waals surface area contributed by atoms with Crippen LogP contribution < -0.4 is 15.5 Å². The molecule has 0 atom stereocenters. The van der Waals surface area contributed by atoms with Crippen molar-refractivity contribution in [2.75, 3.05) is 62.0 Å². The van der Waals surface area contributed by atoms with E-state index < -0.39 is 16.8 Å². The monoisotopic (exact) mass is 580 g/mol. The first-order chi connectivity index (χ1) is 20.7. The average Bonchev–Trinajstić information content (AvgIpc) is 3.39. The highest BCUT2D eigenvalue weighted by atomic mass is 19.1. The van der Waals surface area contributed by atoms with E-state index in [1.165, 1.54) is 0 Å². The van der Waals surface area contributed by atoms with E-state index in [2.05, 4.69) is 37.7 Å². The minimum absolute atomic E-state index is 0.0719. The Labute approximate surface area is 252 Å². The second-order valence-corrected chi connectivity index (χ2v) is 11.4. The lowest BCUT2D eigenvalue weighted by atomic mass is 9.48. The standard InChI is InChI=1S/C31H32B2F2N6O2/c1-40-8-10-41(11-9-40)24-3-4-25(28(18-24)36-23-6-12-43-13-7-23)30(42)37-29-26-16-19(2-5-27(26)38-39-29)31(32,33)20-14-21(34)17-22(35)15-20/h2-5,14-18,23,36H,6-13H2,1H3,(H2,37,38,39,42).